The van der Waals surface area contributed by atoms with Crippen LogP contribution in [-0.4, -0.2) is 42.9 Å². The van der Waals surface area contributed by atoms with Crippen LogP contribution in [0.15, 0.2) is 47.0 Å². The molecule has 0 saturated carbocycles. The van der Waals surface area contributed by atoms with Crippen LogP contribution in [0.2, 0.25) is 0 Å². The van der Waals surface area contributed by atoms with E-state index in [9.17, 15) is 9.18 Å². The number of aromatic nitrogens is 6. The van der Waals surface area contributed by atoms with Crippen molar-refractivity contribution < 1.29 is 18.4 Å². The summed E-state index contributed by atoms with van der Waals surface area (Å²) in [6, 6.07) is 11.5. The summed E-state index contributed by atoms with van der Waals surface area (Å²) in [5.41, 5.74) is 1.33. The van der Waals surface area contributed by atoms with Gasteiger partial charge >= 0.3 is 0 Å². The average Bonchev–Trinajstić information content (AvgIpc) is 3.44. The first-order chi connectivity index (χ1) is 15.5. The molecule has 0 radical (unpaired) electrons. The van der Waals surface area contributed by atoms with Gasteiger partial charge in [0.15, 0.2) is 5.82 Å². The molecule has 0 fully saturated rings. The Morgan fingerprint density at radius 3 is 2.75 bits per heavy atom. The smallest absolute Gasteiger partial charge is 0.227 e. The van der Waals surface area contributed by atoms with Crippen molar-refractivity contribution in [3.05, 3.63) is 60.0 Å². The van der Waals surface area contributed by atoms with Gasteiger partial charge in [-0.3, -0.25) is 4.79 Å². The zero-order valence-corrected chi connectivity index (χ0v) is 17.4. The molecule has 4 rings (SSSR count). The van der Waals surface area contributed by atoms with Gasteiger partial charge in [0.25, 0.3) is 0 Å². The van der Waals surface area contributed by atoms with Gasteiger partial charge < -0.3 is 14.6 Å². The number of rotatable bonds is 8. The number of nitrogens with one attached hydrogen (secondary N) is 1. The van der Waals surface area contributed by atoms with E-state index in [0.717, 1.165) is 11.3 Å². The fourth-order valence-corrected chi connectivity index (χ4v) is 2.98. The highest BCUT2D eigenvalue weighted by atomic mass is 19.1. The fraction of sp³-hybridized carbons (Fsp3) is 0.238. The Morgan fingerprint density at radius 2 is 2.03 bits per heavy atom. The molecule has 0 bridgehead atoms. The first kappa shape index (κ1) is 21.1. The first-order valence-electron chi connectivity index (χ1n) is 9.94. The lowest BCUT2D eigenvalue weighted by Crippen LogP contribution is -2.14. The van der Waals surface area contributed by atoms with Gasteiger partial charge in [-0.15, -0.1) is 5.10 Å². The highest BCUT2D eigenvalue weighted by molar-refractivity contribution is 5.91. The second kappa shape index (κ2) is 9.33. The Balaban J connectivity index is 1.37. The van der Waals surface area contributed by atoms with Gasteiger partial charge in [-0.25, -0.2) is 4.39 Å². The van der Waals surface area contributed by atoms with Crippen LogP contribution in [0.1, 0.15) is 25.1 Å². The highest BCUT2D eigenvalue weighted by Crippen LogP contribution is 2.21. The third kappa shape index (κ3) is 4.77. The Morgan fingerprint density at radius 1 is 1.22 bits per heavy atom. The van der Waals surface area contributed by atoms with Crippen molar-refractivity contribution in [1.82, 2.24) is 30.3 Å². The predicted molar refractivity (Wildman–Crippen MR) is 112 cm³/mol. The van der Waals surface area contributed by atoms with Crippen molar-refractivity contribution >= 4 is 11.6 Å². The summed E-state index contributed by atoms with van der Waals surface area (Å²) in [5, 5.41) is 17.7. The van der Waals surface area contributed by atoms with E-state index in [0.29, 0.717) is 29.8 Å². The molecule has 10 nitrogen and oxygen atoms in total. The number of hydrogen-bond acceptors (Lipinski definition) is 8. The van der Waals surface area contributed by atoms with E-state index in [4.69, 9.17) is 9.26 Å². The standard InChI is InChI=1S/C21H20FN7O3/c1-3-31-16-7-4-14(5-8-16)21-24-20(32-26-21)11-10-19(30)23-18-12-15(6-9-17(18)22)29-13(2)25-27-28-29/h4-9,12H,3,10-11H2,1-2H3,(H,23,30). The number of benzene rings is 2. The molecule has 2 heterocycles. The average molecular weight is 437 g/mol. The van der Waals surface area contributed by atoms with E-state index in [1.807, 2.05) is 31.2 Å². The normalized spacial score (nSPS) is 10.8. The second-order valence-electron chi connectivity index (χ2n) is 6.82. The van der Waals surface area contributed by atoms with E-state index in [1.165, 1.54) is 22.9 Å². The summed E-state index contributed by atoms with van der Waals surface area (Å²) >= 11 is 0. The topological polar surface area (TPSA) is 121 Å². The Bertz CT molecular complexity index is 1220. The van der Waals surface area contributed by atoms with Gasteiger partial charge in [0.05, 0.1) is 18.0 Å². The molecule has 2 aromatic heterocycles. The molecular weight excluding hydrogens is 417 g/mol. The maximum atomic E-state index is 14.2. The Labute approximate surface area is 182 Å². The summed E-state index contributed by atoms with van der Waals surface area (Å²) < 4.78 is 26.3. The zero-order valence-electron chi connectivity index (χ0n) is 17.4. The number of amides is 1. The third-order valence-electron chi connectivity index (χ3n) is 4.55. The molecule has 0 atom stereocenters. The van der Waals surface area contributed by atoms with Gasteiger partial charge in [0, 0.05) is 18.4 Å². The fourth-order valence-electron chi connectivity index (χ4n) is 2.98. The van der Waals surface area contributed by atoms with Gasteiger partial charge in [-0.05, 0) is 66.7 Å². The summed E-state index contributed by atoms with van der Waals surface area (Å²) in [4.78, 5) is 16.7. The van der Waals surface area contributed by atoms with Crippen molar-refractivity contribution in [3.63, 3.8) is 0 Å². The molecule has 1 amide bonds. The number of tetrazole rings is 1. The predicted octanol–water partition coefficient (Wildman–Crippen LogP) is 3.13. The van der Waals surface area contributed by atoms with E-state index in [-0.39, 0.29) is 18.5 Å². The Hall–Kier alpha value is -4.15. The molecule has 0 unspecified atom stereocenters. The molecule has 32 heavy (non-hydrogen) atoms. The number of aryl methyl sites for hydroxylation is 2. The number of carbonyl (C=O) groups excluding carboxylic acids is 1. The molecule has 4 aromatic rings. The first-order valence-corrected chi connectivity index (χ1v) is 9.94. The van der Waals surface area contributed by atoms with E-state index in [2.05, 4.69) is 31.0 Å². The van der Waals surface area contributed by atoms with Crippen LogP contribution in [0.25, 0.3) is 17.1 Å². The van der Waals surface area contributed by atoms with Crippen LogP contribution in [0.5, 0.6) is 5.75 Å². The van der Waals surface area contributed by atoms with Gasteiger partial charge in [-0.1, -0.05) is 5.16 Å². The number of anilines is 1. The number of nitrogens with zero attached hydrogens (tertiary/aromatic N) is 6. The minimum absolute atomic E-state index is 0.0306. The minimum Gasteiger partial charge on any atom is -0.494 e. The summed E-state index contributed by atoms with van der Waals surface area (Å²) in [6.07, 6.45) is 0.252. The molecule has 0 spiro atoms. The minimum atomic E-state index is -0.566. The van der Waals surface area contributed by atoms with Crippen LogP contribution >= 0.6 is 0 Å². The largest absolute Gasteiger partial charge is 0.494 e. The monoisotopic (exact) mass is 437 g/mol. The number of halogens is 1. The van der Waals surface area contributed by atoms with Gasteiger partial charge in [-0.2, -0.15) is 9.67 Å². The molecule has 1 N–H and O–H groups in total. The molecule has 0 saturated heterocycles. The summed E-state index contributed by atoms with van der Waals surface area (Å²) in [6.45, 7) is 4.21. The third-order valence-corrected chi connectivity index (χ3v) is 4.55. The molecular formula is C21H20FN7O3. The number of carbonyl (C=O) groups is 1. The zero-order chi connectivity index (χ0) is 22.5. The summed E-state index contributed by atoms with van der Waals surface area (Å²) in [5.74, 6) is 1.05. The van der Waals surface area contributed by atoms with Crippen molar-refractivity contribution in [1.29, 1.82) is 0 Å². The van der Waals surface area contributed by atoms with Crippen LogP contribution in [0.4, 0.5) is 10.1 Å². The van der Waals surface area contributed by atoms with Crippen LogP contribution < -0.4 is 10.1 Å². The van der Waals surface area contributed by atoms with Crippen molar-refractivity contribution in [2.75, 3.05) is 11.9 Å². The lowest BCUT2D eigenvalue weighted by molar-refractivity contribution is -0.116. The highest BCUT2D eigenvalue weighted by Gasteiger charge is 2.14. The van der Waals surface area contributed by atoms with Crippen LogP contribution in [0.3, 0.4) is 0 Å². The van der Waals surface area contributed by atoms with E-state index < -0.39 is 11.7 Å². The van der Waals surface area contributed by atoms with E-state index >= 15 is 0 Å². The number of hydrogen-bond donors (Lipinski definition) is 1. The van der Waals surface area contributed by atoms with Gasteiger partial charge in [0.2, 0.25) is 17.6 Å². The summed E-state index contributed by atoms with van der Waals surface area (Å²) in [7, 11) is 0. The Kier molecular flexibility index (Phi) is 6.15. The lowest BCUT2D eigenvalue weighted by Gasteiger charge is -2.08. The van der Waals surface area contributed by atoms with E-state index in [1.54, 1.807) is 6.92 Å². The van der Waals surface area contributed by atoms with Crippen LogP contribution in [-0.2, 0) is 11.2 Å². The molecule has 0 aliphatic heterocycles. The molecule has 11 heteroatoms. The maximum absolute atomic E-state index is 14.2. The molecule has 2 aromatic carbocycles. The molecule has 164 valence electrons. The van der Waals surface area contributed by atoms with Crippen molar-refractivity contribution in [3.8, 4) is 22.8 Å². The van der Waals surface area contributed by atoms with Crippen LogP contribution in [0, 0.1) is 12.7 Å². The van der Waals surface area contributed by atoms with Gasteiger partial charge in [0.1, 0.15) is 11.6 Å². The SMILES string of the molecule is CCOc1ccc(-c2noc(CCC(=O)Nc3cc(-n4nnnc4C)ccc3F)n2)cc1. The lowest BCUT2D eigenvalue weighted by atomic mass is 10.2. The van der Waals surface area contributed by atoms with Crippen molar-refractivity contribution in [2.24, 2.45) is 0 Å². The maximum Gasteiger partial charge on any atom is 0.227 e. The van der Waals surface area contributed by atoms with Crippen molar-refractivity contribution in [2.45, 2.75) is 26.7 Å². The second-order valence-corrected chi connectivity index (χ2v) is 6.82. The number of ether oxygens (including phenoxy) is 1. The molecule has 0 aliphatic carbocycles. The quantitative estimate of drug-likeness (QED) is 0.446. The molecule has 0 aliphatic rings.